The van der Waals surface area contributed by atoms with Gasteiger partial charge < -0.3 is 15.4 Å². The quantitative estimate of drug-likeness (QED) is 0.418. The Morgan fingerprint density at radius 1 is 1.26 bits per heavy atom. The number of methoxy groups -OCH3 is 1. The van der Waals surface area contributed by atoms with Crippen molar-refractivity contribution < 1.29 is 13.2 Å². The lowest BCUT2D eigenvalue weighted by atomic mass is 10.1. The number of hydrogen-bond acceptors (Lipinski definition) is 5. The molecule has 1 aliphatic rings. The number of ether oxygens (including phenoxy) is 1. The van der Waals surface area contributed by atoms with Crippen LogP contribution in [0.15, 0.2) is 29.3 Å². The first-order valence-electron chi connectivity index (χ1n) is 9.33. The molecule has 27 heavy (non-hydrogen) atoms. The molecule has 152 valence electrons. The predicted octanol–water partition coefficient (Wildman–Crippen LogP) is 0.676. The van der Waals surface area contributed by atoms with Gasteiger partial charge in [-0.25, -0.2) is 13.6 Å². The minimum atomic E-state index is -3.49. The number of guanidine groups is 1. The summed E-state index contributed by atoms with van der Waals surface area (Å²) >= 11 is 0. The number of likely N-dealkylation sites (tertiary alicyclic amines) is 1. The zero-order valence-corrected chi connectivity index (χ0v) is 17.0. The second kappa shape index (κ2) is 10.5. The third-order valence-corrected chi connectivity index (χ3v) is 5.30. The first kappa shape index (κ1) is 21.5. The lowest BCUT2D eigenvalue weighted by Crippen LogP contribution is -2.41. The molecule has 2 rings (SSSR count). The molecule has 0 bridgehead atoms. The van der Waals surface area contributed by atoms with Crippen LogP contribution in [0.4, 0.5) is 0 Å². The number of rotatable bonds is 9. The number of benzene rings is 1. The fourth-order valence-electron chi connectivity index (χ4n) is 3.14. The van der Waals surface area contributed by atoms with Crippen LogP contribution in [0.1, 0.15) is 31.4 Å². The Balaban J connectivity index is 2.09. The standard InChI is InChI=1S/C18H31N5O3S/c1-3-20-18(21-10-13-27(19,24)25)22-14-17(23-11-4-5-12-23)15-6-8-16(26-2)9-7-15/h6-9,17H,3-5,10-14H2,1-2H3,(H2,19,24,25)(H2,20,21,22). The Morgan fingerprint density at radius 2 is 1.93 bits per heavy atom. The molecule has 1 unspecified atom stereocenters. The number of nitrogens with zero attached hydrogens (tertiary/aromatic N) is 2. The minimum absolute atomic E-state index is 0.133. The summed E-state index contributed by atoms with van der Waals surface area (Å²) in [7, 11) is -1.83. The van der Waals surface area contributed by atoms with Gasteiger partial charge in [0.25, 0.3) is 0 Å². The van der Waals surface area contributed by atoms with E-state index in [9.17, 15) is 8.42 Å². The van der Waals surface area contributed by atoms with Crippen LogP contribution in [-0.4, -0.2) is 64.9 Å². The average Bonchev–Trinajstić information content (AvgIpc) is 3.15. The van der Waals surface area contributed by atoms with Gasteiger partial charge in [-0.3, -0.25) is 9.89 Å². The van der Waals surface area contributed by atoms with Gasteiger partial charge in [0.15, 0.2) is 5.96 Å². The number of nitrogens with one attached hydrogen (secondary N) is 2. The maximum atomic E-state index is 11.1. The Morgan fingerprint density at radius 3 is 2.48 bits per heavy atom. The lowest BCUT2D eigenvalue weighted by Gasteiger charge is -2.27. The van der Waals surface area contributed by atoms with Crippen molar-refractivity contribution in [3.05, 3.63) is 29.8 Å². The third-order valence-electron chi connectivity index (χ3n) is 4.53. The molecule has 4 N–H and O–H groups in total. The molecule has 1 heterocycles. The van der Waals surface area contributed by atoms with Crippen LogP contribution in [0.2, 0.25) is 0 Å². The highest BCUT2D eigenvalue weighted by Crippen LogP contribution is 2.27. The van der Waals surface area contributed by atoms with Gasteiger partial charge in [0.05, 0.1) is 25.4 Å². The van der Waals surface area contributed by atoms with Gasteiger partial charge in [-0.05, 0) is 50.6 Å². The Labute approximate surface area is 162 Å². The predicted molar refractivity (Wildman–Crippen MR) is 108 cm³/mol. The normalized spacial score (nSPS) is 16.9. The number of sulfonamides is 1. The van der Waals surface area contributed by atoms with E-state index >= 15 is 0 Å². The highest BCUT2D eigenvalue weighted by Gasteiger charge is 2.23. The number of nitrogens with two attached hydrogens (primary N) is 1. The highest BCUT2D eigenvalue weighted by atomic mass is 32.2. The van der Waals surface area contributed by atoms with Gasteiger partial charge in [0.1, 0.15) is 5.75 Å². The summed E-state index contributed by atoms with van der Waals surface area (Å²) in [5, 5.41) is 11.2. The molecule has 9 heteroatoms. The van der Waals surface area contributed by atoms with Gasteiger partial charge in [-0.2, -0.15) is 0 Å². The first-order chi connectivity index (χ1) is 12.9. The van der Waals surface area contributed by atoms with E-state index in [2.05, 4.69) is 32.7 Å². The Kier molecular flexibility index (Phi) is 8.33. The fraction of sp³-hybridized carbons (Fsp3) is 0.611. The molecular formula is C18H31N5O3S. The van der Waals surface area contributed by atoms with E-state index in [-0.39, 0.29) is 18.3 Å². The van der Waals surface area contributed by atoms with Crippen LogP contribution in [0, 0.1) is 0 Å². The van der Waals surface area contributed by atoms with E-state index in [1.165, 1.54) is 18.4 Å². The zero-order chi connectivity index (χ0) is 19.7. The van der Waals surface area contributed by atoms with Crippen molar-refractivity contribution in [2.75, 3.05) is 45.6 Å². The zero-order valence-electron chi connectivity index (χ0n) is 16.1. The van der Waals surface area contributed by atoms with Gasteiger partial charge in [-0.15, -0.1) is 0 Å². The van der Waals surface area contributed by atoms with Crippen molar-refractivity contribution >= 4 is 16.0 Å². The summed E-state index contributed by atoms with van der Waals surface area (Å²) in [5.74, 6) is 1.30. The third kappa shape index (κ3) is 7.36. The monoisotopic (exact) mass is 397 g/mol. The van der Waals surface area contributed by atoms with E-state index in [0.29, 0.717) is 19.0 Å². The van der Waals surface area contributed by atoms with Crippen molar-refractivity contribution in [1.29, 1.82) is 0 Å². The van der Waals surface area contributed by atoms with Crippen LogP contribution < -0.4 is 20.5 Å². The molecule has 1 aliphatic heterocycles. The lowest BCUT2D eigenvalue weighted by molar-refractivity contribution is 0.251. The minimum Gasteiger partial charge on any atom is -0.497 e. The summed E-state index contributed by atoms with van der Waals surface area (Å²) in [4.78, 5) is 7.13. The van der Waals surface area contributed by atoms with Crippen LogP contribution in [0.25, 0.3) is 0 Å². The molecule has 0 aromatic heterocycles. The van der Waals surface area contributed by atoms with Crippen LogP contribution in [-0.2, 0) is 10.0 Å². The van der Waals surface area contributed by atoms with E-state index in [1.807, 2.05) is 19.1 Å². The van der Waals surface area contributed by atoms with Crippen LogP contribution >= 0.6 is 0 Å². The highest BCUT2D eigenvalue weighted by molar-refractivity contribution is 7.89. The van der Waals surface area contributed by atoms with Gasteiger partial charge in [-0.1, -0.05) is 12.1 Å². The molecule has 1 atom stereocenters. The average molecular weight is 398 g/mol. The molecule has 1 fully saturated rings. The second-order valence-electron chi connectivity index (χ2n) is 6.55. The van der Waals surface area contributed by atoms with Crippen LogP contribution in [0.3, 0.4) is 0 Å². The topological polar surface area (TPSA) is 109 Å². The summed E-state index contributed by atoms with van der Waals surface area (Å²) in [6.07, 6.45) is 2.39. The summed E-state index contributed by atoms with van der Waals surface area (Å²) < 4.78 is 27.5. The molecule has 8 nitrogen and oxygen atoms in total. The Bertz CT molecular complexity index is 700. The number of primary sulfonamides is 1. The molecule has 0 spiro atoms. The number of aliphatic imine (C=N–C) groups is 1. The van der Waals surface area contributed by atoms with Crippen molar-refractivity contribution in [1.82, 2.24) is 15.5 Å². The maximum absolute atomic E-state index is 11.1. The summed E-state index contributed by atoms with van der Waals surface area (Å²) in [5.41, 5.74) is 1.20. The van der Waals surface area contributed by atoms with Gasteiger partial charge >= 0.3 is 0 Å². The molecular weight excluding hydrogens is 366 g/mol. The summed E-state index contributed by atoms with van der Waals surface area (Å²) in [6, 6.07) is 8.28. The second-order valence-corrected chi connectivity index (χ2v) is 8.28. The molecule has 0 radical (unpaired) electrons. The molecule has 1 saturated heterocycles. The van der Waals surface area contributed by atoms with Crippen molar-refractivity contribution in [3.8, 4) is 5.75 Å². The largest absolute Gasteiger partial charge is 0.497 e. The Hall–Kier alpha value is -1.84. The molecule has 1 aromatic rings. The van der Waals surface area contributed by atoms with E-state index in [4.69, 9.17) is 9.88 Å². The number of hydrogen-bond donors (Lipinski definition) is 3. The van der Waals surface area contributed by atoms with Crippen molar-refractivity contribution in [3.63, 3.8) is 0 Å². The van der Waals surface area contributed by atoms with E-state index in [0.717, 1.165) is 18.8 Å². The molecule has 0 aliphatic carbocycles. The van der Waals surface area contributed by atoms with E-state index in [1.54, 1.807) is 7.11 Å². The molecule has 0 saturated carbocycles. The van der Waals surface area contributed by atoms with Gasteiger partial charge in [0, 0.05) is 13.1 Å². The van der Waals surface area contributed by atoms with E-state index < -0.39 is 10.0 Å². The smallest absolute Gasteiger partial charge is 0.210 e. The van der Waals surface area contributed by atoms with Gasteiger partial charge in [0.2, 0.25) is 10.0 Å². The molecule has 1 aromatic carbocycles. The molecule has 0 amide bonds. The fourth-order valence-corrected chi connectivity index (χ4v) is 3.53. The van der Waals surface area contributed by atoms with Crippen LogP contribution in [0.5, 0.6) is 5.75 Å². The van der Waals surface area contributed by atoms with Crippen molar-refractivity contribution in [2.45, 2.75) is 25.8 Å². The first-order valence-corrected chi connectivity index (χ1v) is 11.0. The maximum Gasteiger partial charge on any atom is 0.210 e. The van der Waals surface area contributed by atoms with Crippen molar-refractivity contribution in [2.24, 2.45) is 10.1 Å². The summed E-state index contributed by atoms with van der Waals surface area (Å²) in [6.45, 7) is 5.58. The SMILES string of the molecule is CCNC(=NCC(c1ccc(OC)cc1)N1CCCC1)NCCS(N)(=O)=O.